The SMILES string of the molecule is Cc1ccc(C(c2ccc([N+](=O)[O-])cc2)P2(=O)Oc3ccccc3-c3ccccc32)cc1. The van der Waals surface area contributed by atoms with Crippen LogP contribution in [-0.2, 0) is 4.57 Å². The van der Waals surface area contributed by atoms with Crippen LogP contribution >= 0.6 is 7.37 Å². The number of fused-ring (bicyclic) bond motifs is 3. The summed E-state index contributed by atoms with van der Waals surface area (Å²) in [6.45, 7) is 2.00. The van der Waals surface area contributed by atoms with Gasteiger partial charge in [0, 0.05) is 17.7 Å². The van der Waals surface area contributed by atoms with Crippen LogP contribution in [0.3, 0.4) is 0 Å². The zero-order valence-electron chi connectivity index (χ0n) is 17.3. The molecule has 1 aliphatic heterocycles. The minimum atomic E-state index is -3.51. The second-order valence-corrected chi connectivity index (χ2v) is 10.2. The number of nitro benzene ring substituents is 1. The van der Waals surface area contributed by atoms with Crippen molar-refractivity contribution in [1.29, 1.82) is 0 Å². The Morgan fingerprint density at radius 3 is 2.00 bits per heavy atom. The van der Waals surface area contributed by atoms with Crippen LogP contribution < -0.4 is 9.83 Å². The first-order valence-corrected chi connectivity index (χ1v) is 12.0. The van der Waals surface area contributed by atoms with Gasteiger partial charge in [-0.15, -0.1) is 0 Å². The van der Waals surface area contributed by atoms with Gasteiger partial charge in [-0.05, 0) is 35.7 Å². The Bertz CT molecular complexity index is 1360. The van der Waals surface area contributed by atoms with E-state index in [4.69, 9.17) is 4.52 Å². The average Bonchev–Trinajstić information content (AvgIpc) is 2.81. The summed E-state index contributed by atoms with van der Waals surface area (Å²) in [6, 6.07) is 29.3. The fourth-order valence-corrected chi connectivity index (χ4v) is 7.13. The number of nitrogens with zero attached hydrogens (tertiary/aromatic N) is 1. The number of hydrogen-bond donors (Lipinski definition) is 0. The molecule has 0 fully saturated rings. The van der Waals surface area contributed by atoms with Crippen molar-refractivity contribution in [1.82, 2.24) is 0 Å². The summed E-state index contributed by atoms with van der Waals surface area (Å²) in [5.41, 5.74) is 3.80. The van der Waals surface area contributed by atoms with Gasteiger partial charge in [0.1, 0.15) is 11.4 Å². The fourth-order valence-electron chi connectivity index (χ4n) is 4.24. The third kappa shape index (κ3) is 3.31. The first kappa shape index (κ1) is 20.2. The van der Waals surface area contributed by atoms with Crippen LogP contribution in [0.25, 0.3) is 11.1 Å². The summed E-state index contributed by atoms with van der Waals surface area (Å²) >= 11 is 0. The molecule has 5 rings (SSSR count). The van der Waals surface area contributed by atoms with Crippen LogP contribution in [0.4, 0.5) is 5.69 Å². The van der Waals surface area contributed by atoms with Gasteiger partial charge < -0.3 is 4.52 Å². The van der Waals surface area contributed by atoms with E-state index >= 15 is 0 Å². The van der Waals surface area contributed by atoms with Crippen LogP contribution in [-0.4, -0.2) is 4.92 Å². The first-order chi connectivity index (χ1) is 15.5. The zero-order chi connectivity index (χ0) is 22.3. The van der Waals surface area contributed by atoms with Crippen molar-refractivity contribution in [3.05, 3.63) is 124 Å². The molecule has 4 aromatic rings. The Kier molecular flexibility index (Phi) is 4.91. The molecule has 1 aliphatic rings. The highest BCUT2D eigenvalue weighted by atomic mass is 31.2. The highest BCUT2D eigenvalue weighted by Gasteiger charge is 2.44. The van der Waals surface area contributed by atoms with Gasteiger partial charge in [0.2, 0.25) is 0 Å². The van der Waals surface area contributed by atoms with E-state index in [9.17, 15) is 14.7 Å². The number of non-ortho nitro benzene ring substituents is 1. The van der Waals surface area contributed by atoms with E-state index in [1.807, 2.05) is 79.7 Å². The monoisotopic (exact) mass is 441 g/mol. The molecule has 0 aliphatic carbocycles. The van der Waals surface area contributed by atoms with Gasteiger partial charge in [-0.25, -0.2) is 0 Å². The predicted molar refractivity (Wildman–Crippen MR) is 126 cm³/mol. The lowest BCUT2D eigenvalue weighted by Gasteiger charge is -2.34. The molecule has 6 heteroatoms. The molecule has 0 bridgehead atoms. The van der Waals surface area contributed by atoms with E-state index in [-0.39, 0.29) is 5.69 Å². The van der Waals surface area contributed by atoms with Gasteiger partial charge in [-0.1, -0.05) is 78.4 Å². The largest absolute Gasteiger partial charge is 0.439 e. The summed E-state index contributed by atoms with van der Waals surface area (Å²) in [7, 11) is -3.51. The van der Waals surface area contributed by atoms with E-state index in [1.165, 1.54) is 12.1 Å². The maximum absolute atomic E-state index is 14.9. The Balaban J connectivity index is 1.75. The second-order valence-electron chi connectivity index (χ2n) is 7.86. The molecule has 32 heavy (non-hydrogen) atoms. The molecular formula is C26H20NO4P. The van der Waals surface area contributed by atoms with Crippen molar-refractivity contribution in [2.45, 2.75) is 12.6 Å². The van der Waals surface area contributed by atoms with Crippen LogP contribution in [0.2, 0.25) is 0 Å². The number of hydrogen-bond acceptors (Lipinski definition) is 4. The number of rotatable bonds is 4. The molecule has 2 unspecified atom stereocenters. The standard InChI is InChI=1S/C26H20NO4P/c1-18-10-12-19(13-11-18)26(20-14-16-21(17-15-20)27(28)29)32(30)25-9-5-3-7-23(25)22-6-2-4-8-24(22)31-32/h2-17,26H,1H3. The molecule has 2 atom stereocenters. The molecule has 0 spiro atoms. The Morgan fingerprint density at radius 1 is 0.781 bits per heavy atom. The van der Waals surface area contributed by atoms with E-state index in [1.54, 1.807) is 12.1 Å². The molecular weight excluding hydrogens is 421 g/mol. The van der Waals surface area contributed by atoms with Crippen molar-refractivity contribution in [3.63, 3.8) is 0 Å². The number of aryl methyl sites for hydroxylation is 1. The summed E-state index contributed by atoms with van der Waals surface area (Å²) in [4.78, 5) is 10.7. The Morgan fingerprint density at radius 2 is 1.34 bits per heavy atom. The second kappa shape index (κ2) is 7.77. The maximum Gasteiger partial charge on any atom is 0.289 e. The molecule has 0 N–H and O–H groups in total. The topological polar surface area (TPSA) is 69.4 Å². The normalized spacial score (nSPS) is 17.5. The third-order valence-corrected chi connectivity index (χ3v) is 8.61. The maximum atomic E-state index is 14.9. The molecule has 5 nitrogen and oxygen atoms in total. The van der Waals surface area contributed by atoms with Crippen LogP contribution in [0.15, 0.2) is 97.1 Å². The van der Waals surface area contributed by atoms with Crippen LogP contribution in [0, 0.1) is 17.0 Å². The fraction of sp³-hybridized carbons (Fsp3) is 0.0769. The van der Waals surface area contributed by atoms with E-state index < -0.39 is 18.0 Å². The number of para-hydroxylation sites is 1. The predicted octanol–water partition coefficient (Wildman–Crippen LogP) is 6.66. The minimum Gasteiger partial charge on any atom is -0.439 e. The molecule has 0 saturated heterocycles. The highest BCUT2D eigenvalue weighted by Crippen LogP contribution is 2.65. The van der Waals surface area contributed by atoms with E-state index in [0.717, 1.165) is 22.3 Å². The van der Waals surface area contributed by atoms with Crippen molar-refractivity contribution >= 4 is 18.4 Å². The summed E-state index contributed by atoms with van der Waals surface area (Å²) in [6.07, 6.45) is 0. The molecule has 1 heterocycles. The number of benzene rings is 4. The molecule has 158 valence electrons. The lowest BCUT2D eigenvalue weighted by Crippen LogP contribution is -2.22. The smallest absolute Gasteiger partial charge is 0.289 e. The van der Waals surface area contributed by atoms with Gasteiger partial charge in [-0.2, -0.15) is 0 Å². The quantitative estimate of drug-likeness (QED) is 0.202. The molecule has 4 aromatic carbocycles. The minimum absolute atomic E-state index is 0.00926. The summed E-state index contributed by atoms with van der Waals surface area (Å²) < 4.78 is 21.2. The lowest BCUT2D eigenvalue weighted by molar-refractivity contribution is -0.384. The summed E-state index contributed by atoms with van der Waals surface area (Å²) in [5.74, 6) is 0.577. The van der Waals surface area contributed by atoms with Crippen molar-refractivity contribution in [2.24, 2.45) is 0 Å². The molecule has 0 aromatic heterocycles. The number of nitro groups is 1. The van der Waals surface area contributed by atoms with Crippen LogP contribution in [0.5, 0.6) is 5.75 Å². The molecule has 0 amide bonds. The van der Waals surface area contributed by atoms with Crippen LogP contribution in [0.1, 0.15) is 22.3 Å². The van der Waals surface area contributed by atoms with E-state index in [0.29, 0.717) is 16.6 Å². The Hall–Kier alpha value is -3.69. The van der Waals surface area contributed by atoms with Gasteiger partial charge in [0.25, 0.3) is 13.1 Å². The average molecular weight is 441 g/mol. The first-order valence-electron chi connectivity index (χ1n) is 10.3. The highest BCUT2D eigenvalue weighted by molar-refractivity contribution is 7.68. The zero-order valence-corrected chi connectivity index (χ0v) is 18.2. The van der Waals surface area contributed by atoms with Crippen molar-refractivity contribution < 1.29 is 14.0 Å². The lowest BCUT2D eigenvalue weighted by atomic mass is 10.0. The summed E-state index contributed by atoms with van der Waals surface area (Å²) in [5, 5.41) is 11.8. The van der Waals surface area contributed by atoms with E-state index in [2.05, 4.69) is 0 Å². The molecule has 0 saturated carbocycles. The van der Waals surface area contributed by atoms with Crippen molar-refractivity contribution in [3.8, 4) is 16.9 Å². The van der Waals surface area contributed by atoms with Gasteiger partial charge in [0.05, 0.1) is 10.2 Å². The van der Waals surface area contributed by atoms with Gasteiger partial charge in [0.15, 0.2) is 0 Å². The molecule has 0 radical (unpaired) electrons. The van der Waals surface area contributed by atoms with Gasteiger partial charge >= 0.3 is 0 Å². The van der Waals surface area contributed by atoms with Crippen molar-refractivity contribution in [2.75, 3.05) is 0 Å². The Labute approximate surface area is 185 Å². The van der Waals surface area contributed by atoms with Gasteiger partial charge in [-0.3, -0.25) is 14.7 Å². The third-order valence-electron chi connectivity index (χ3n) is 5.80.